The molecule has 0 aliphatic rings. The van der Waals surface area contributed by atoms with Crippen molar-refractivity contribution in [1.29, 1.82) is 0 Å². The van der Waals surface area contributed by atoms with Crippen molar-refractivity contribution < 1.29 is 13.2 Å². The topological polar surface area (TPSA) is 17.3 Å². The van der Waals surface area contributed by atoms with E-state index in [1.807, 2.05) is 13.8 Å². The van der Waals surface area contributed by atoms with Gasteiger partial charge in [-0.1, -0.05) is 13.8 Å². The predicted octanol–water partition coefficient (Wildman–Crippen LogP) is 4.22. The maximum atomic E-state index is 12.7. The highest BCUT2D eigenvalue weighted by Gasteiger charge is 2.31. The molecule has 0 aromatic carbocycles. The van der Waals surface area contributed by atoms with E-state index in [1.54, 1.807) is 0 Å². The SMILES string of the molecule is CC(C)c1nc2ccc(C(F)(F)F)cn2c1CCl. The summed E-state index contributed by atoms with van der Waals surface area (Å²) in [5, 5.41) is 0. The summed E-state index contributed by atoms with van der Waals surface area (Å²) in [5.74, 6) is 0.253. The normalized spacial score (nSPS) is 12.6. The number of hydrogen-bond donors (Lipinski definition) is 0. The molecule has 0 spiro atoms. The second kappa shape index (κ2) is 4.46. The van der Waals surface area contributed by atoms with Gasteiger partial charge in [0.2, 0.25) is 0 Å². The van der Waals surface area contributed by atoms with Gasteiger partial charge in [-0.25, -0.2) is 4.98 Å². The number of alkyl halides is 4. The summed E-state index contributed by atoms with van der Waals surface area (Å²) in [6.45, 7) is 3.87. The first-order chi connectivity index (χ1) is 8.34. The Bertz CT molecular complexity index is 572. The van der Waals surface area contributed by atoms with Gasteiger partial charge in [0, 0.05) is 6.20 Å². The van der Waals surface area contributed by atoms with Crippen LogP contribution < -0.4 is 0 Å². The zero-order valence-electron chi connectivity index (χ0n) is 9.92. The Morgan fingerprint density at radius 1 is 1.33 bits per heavy atom. The molecule has 98 valence electrons. The van der Waals surface area contributed by atoms with Crippen molar-refractivity contribution in [2.24, 2.45) is 0 Å². The Morgan fingerprint density at radius 2 is 2.00 bits per heavy atom. The Balaban J connectivity index is 2.68. The van der Waals surface area contributed by atoms with Crippen molar-refractivity contribution in [3.63, 3.8) is 0 Å². The van der Waals surface area contributed by atoms with Gasteiger partial charge >= 0.3 is 6.18 Å². The first-order valence-electron chi connectivity index (χ1n) is 5.48. The molecule has 2 aromatic heterocycles. The highest BCUT2D eigenvalue weighted by Crippen LogP contribution is 2.30. The highest BCUT2D eigenvalue weighted by molar-refractivity contribution is 6.17. The molecular formula is C12H12ClF3N2. The van der Waals surface area contributed by atoms with Crippen molar-refractivity contribution in [3.8, 4) is 0 Å². The Kier molecular flexibility index (Phi) is 3.27. The second-order valence-corrected chi connectivity index (χ2v) is 4.64. The standard InChI is InChI=1S/C12H12ClF3N2/c1-7(2)11-9(5-13)18-6-8(12(14,15)16)3-4-10(18)17-11/h3-4,6-7H,5H2,1-2H3. The minimum atomic E-state index is -4.36. The molecule has 0 aliphatic carbocycles. The molecule has 0 saturated heterocycles. The lowest BCUT2D eigenvalue weighted by atomic mass is 10.1. The predicted molar refractivity (Wildman–Crippen MR) is 63.8 cm³/mol. The van der Waals surface area contributed by atoms with Crippen LogP contribution in [-0.4, -0.2) is 9.38 Å². The molecule has 0 atom stereocenters. The summed E-state index contributed by atoms with van der Waals surface area (Å²) in [7, 11) is 0. The van der Waals surface area contributed by atoms with Crippen LogP contribution in [0.4, 0.5) is 13.2 Å². The van der Waals surface area contributed by atoms with E-state index in [2.05, 4.69) is 4.98 Å². The van der Waals surface area contributed by atoms with E-state index in [0.29, 0.717) is 11.3 Å². The lowest BCUT2D eigenvalue weighted by Gasteiger charge is -2.08. The molecule has 0 amide bonds. The van der Waals surface area contributed by atoms with Crippen molar-refractivity contribution in [1.82, 2.24) is 9.38 Å². The average Bonchev–Trinajstić information content (AvgIpc) is 2.65. The summed E-state index contributed by atoms with van der Waals surface area (Å²) in [5.41, 5.74) is 1.15. The minimum absolute atomic E-state index is 0.119. The molecule has 2 heterocycles. The fourth-order valence-electron chi connectivity index (χ4n) is 1.87. The molecule has 6 heteroatoms. The molecule has 2 rings (SSSR count). The number of pyridine rings is 1. The second-order valence-electron chi connectivity index (χ2n) is 4.38. The molecule has 2 nitrogen and oxygen atoms in total. The van der Waals surface area contributed by atoms with Crippen LogP contribution in [0.1, 0.15) is 36.7 Å². The van der Waals surface area contributed by atoms with Gasteiger partial charge in [0.25, 0.3) is 0 Å². The first kappa shape index (κ1) is 13.2. The van der Waals surface area contributed by atoms with Crippen molar-refractivity contribution in [3.05, 3.63) is 35.3 Å². The quantitative estimate of drug-likeness (QED) is 0.751. The van der Waals surface area contributed by atoms with Crippen molar-refractivity contribution in [2.75, 3.05) is 0 Å². The third kappa shape index (κ3) is 2.19. The van der Waals surface area contributed by atoms with Crippen LogP contribution in [-0.2, 0) is 12.1 Å². The van der Waals surface area contributed by atoms with Crippen LogP contribution in [0.2, 0.25) is 0 Å². The first-order valence-corrected chi connectivity index (χ1v) is 6.02. The molecule has 0 aliphatic heterocycles. The lowest BCUT2D eigenvalue weighted by Crippen LogP contribution is -2.07. The van der Waals surface area contributed by atoms with Crippen LogP contribution in [0, 0.1) is 0 Å². The molecule has 0 saturated carbocycles. The summed E-state index contributed by atoms with van der Waals surface area (Å²) in [6.07, 6.45) is -3.31. The zero-order valence-corrected chi connectivity index (χ0v) is 10.7. The molecule has 18 heavy (non-hydrogen) atoms. The summed E-state index contributed by atoms with van der Waals surface area (Å²) >= 11 is 5.82. The number of imidazole rings is 1. The van der Waals surface area contributed by atoms with E-state index in [4.69, 9.17) is 11.6 Å². The monoisotopic (exact) mass is 276 g/mol. The maximum absolute atomic E-state index is 12.7. The van der Waals surface area contributed by atoms with Gasteiger partial charge in [-0.15, -0.1) is 11.6 Å². The zero-order chi connectivity index (χ0) is 13.5. The number of hydrogen-bond acceptors (Lipinski definition) is 1. The summed E-state index contributed by atoms with van der Waals surface area (Å²) < 4.78 is 39.4. The number of fused-ring (bicyclic) bond motifs is 1. The van der Waals surface area contributed by atoms with Gasteiger partial charge < -0.3 is 4.40 Å². The van der Waals surface area contributed by atoms with E-state index in [1.165, 1.54) is 10.5 Å². The number of nitrogens with zero attached hydrogens (tertiary/aromatic N) is 2. The molecular weight excluding hydrogens is 265 g/mol. The van der Waals surface area contributed by atoms with E-state index in [-0.39, 0.29) is 11.8 Å². The van der Waals surface area contributed by atoms with Gasteiger partial charge in [-0.3, -0.25) is 0 Å². The van der Waals surface area contributed by atoms with E-state index in [9.17, 15) is 13.2 Å². The number of rotatable bonds is 2. The van der Waals surface area contributed by atoms with Crippen LogP contribution >= 0.6 is 11.6 Å². The van der Waals surface area contributed by atoms with Crippen LogP contribution in [0.5, 0.6) is 0 Å². The molecule has 0 radical (unpaired) electrons. The fourth-order valence-corrected chi connectivity index (χ4v) is 2.14. The molecule has 0 N–H and O–H groups in total. The Labute approximate surface area is 107 Å². The molecule has 0 fully saturated rings. The minimum Gasteiger partial charge on any atom is -0.302 e. The van der Waals surface area contributed by atoms with Gasteiger partial charge in [-0.05, 0) is 18.1 Å². The Hall–Kier alpha value is -1.23. The van der Waals surface area contributed by atoms with Gasteiger partial charge in [0.1, 0.15) is 5.65 Å². The van der Waals surface area contributed by atoms with Crippen LogP contribution in [0.3, 0.4) is 0 Å². The van der Waals surface area contributed by atoms with Crippen LogP contribution in [0.15, 0.2) is 18.3 Å². The van der Waals surface area contributed by atoms with Crippen molar-refractivity contribution >= 4 is 17.2 Å². The summed E-state index contributed by atoms with van der Waals surface area (Å²) in [6, 6.07) is 2.40. The van der Waals surface area contributed by atoms with Crippen LogP contribution in [0.25, 0.3) is 5.65 Å². The average molecular weight is 277 g/mol. The number of aromatic nitrogens is 2. The number of halogens is 4. The third-order valence-electron chi connectivity index (χ3n) is 2.75. The van der Waals surface area contributed by atoms with E-state index >= 15 is 0 Å². The van der Waals surface area contributed by atoms with Gasteiger partial charge in [0.15, 0.2) is 0 Å². The third-order valence-corrected chi connectivity index (χ3v) is 3.00. The smallest absolute Gasteiger partial charge is 0.302 e. The van der Waals surface area contributed by atoms with Crippen molar-refractivity contribution in [2.45, 2.75) is 31.8 Å². The maximum Gasteiger partial charge on any atom is 0.417 e. The summed E-state index contributed by atoms with van der Waals surface area (Å²) in [4.78, 5) is 4.32. The largest absolute Gasteiger partial charge is 0.417 e. The molecule has 2 aromatic rings. The fraction of sp³-hybridized carbons (Fsp3) is 0.417. The van der Waals surface area contributed by atoms with E-state index in [0.717, 1.165) is 18.0 Å². The highest BCUT2D eigenvalue weighted by atomic mass is 35.5. The lowest BCUT2D eigenvalue weighted by molar-refractivity contribution is -0.137. The Morgan fingerprint density at radius 3 is 2.50 bits per heavy atom. The van der Waals surface area contributed by atoms with Gasteiger partial charge in [0.05, 0.1) is 22.8 Å². The molecule has 0 unspecified atom stereocenters. The molecule has 0 bridgehead atoms. The van der Waals surface area contributed by atoms with Gasteiger partial charge in [-0.2, -0.15) is 13.2 Å². The van der Waals surface area contributed by atoms with E-state index < -0.39 is 11.7 Å².